The minimum atomic E-state index is -0.484. The molecule has 0 aliphatic rings. The highest BCUT2D eigenvalue weighted by Crippen LogP contribution is 2.02. The van der Waals surface area contributed by atoms with Crippen molar-refractivity contribution in [2.24, 2.45) is 0 Å². The summed E-state index contributed by atoms with van der Waals surface area (Å²) in [5.74, 6) is -0.435. The Morgan fingerprint density at radius 1 is 1.39 bits per heavy atom. The van der Waals surface area contributed by atoms with Crippen LogP contribution < -0.4 is 5.56 Å². The summed E-state index contributed by atoms with van der Waals surface area (Å²) >= 11 is 0. The quantitative estimate of drug-likeness (QED) is 0.786. The number of nitrogens with one attached hydrogen (secondary N) is 1. The van der Waals surface area contributed by atoms with Gasteiger partial charge in [0.15, 0.2) is 5.69 Å². The van der Waals surface area contributed by atoms with Crippen molar-refractivity contribution in [3.8, 4) is 0 Å². The molecule has 2 N–H and O–H groups in total. The molecule has 0 aliphatic carbocycles. The molecule has 100 valence electrons. The van der Waals surface area contributed by atoms with E-state index in [1.54, 1.807) is 13.8 Å². The Morgan fingerprint density at radius 3 is 2.61 bits per heavy atom. The number of nitrogens with zero attached hydrogens (tertiary/aromatic N) is 2. The van der Waals surface area contributed by atoms with Crippen molar-refractivity contribution in [3.05, 3.63) is 27.4 Å². The van der Waals surface area contributed by atoms with Crippen LogP contribution in [0.15, 0.2) is 4.79 Å². The van der Waals surface area contributed by atoms with E-state index in [0.717, 1.165) is 6.42 Å². The fourth-order valence-electron chi connectivity index (χ4n) is 1.62. The number of aryl methyl sites for hydroxylation is 2. The molecule has 1 heterocycles. The zero-order valence-corrected chi connectivity index (χ0v) is 11.0. The third kappa shape index (κ3) is 3.16. The van der Waals surface area contributed by atoms with Gasteiger partial charge in [-0.25, -0.2) is 4.98 Å². The molecule has 1 amide bonds. The van der Waals surface area contributed by atoms with Gasteiger partial charge < -0.3 is 15.0 Å². The molecule has 18 heavy (non-hydrogen) atoms. The van der Waals surface area contributed by atoms with Gasteiger partial charge in [0.1, 0.15) is 0 Å². The maximum absolute atomic E-state index is 12.1. The Balaban J connectivity index is 3.08. The van der Waals surface area contributed by atoms with Gasteiger partial charge in [-0.3, -0.25) is 9.59 Å². The average molecular weight is 253 g/mol. The first kappa shape index (κ1) is 14.4. The van der Waals surface area contributed by atoms with Crippen molar-refractivity contribution >= 4 is 5.91 Å². The lowest BCUT2D eigenvalue weighted by atomic mass is 10.3. The molecule has 6 heteroatoms. The smallest absolute Gasteiger partial charge is 0.279 e. The summed E-state index contributed by atoms with van der Waals surface area (Å²) < 4.78 is 0. The van der Waals surface area contributed by atoms with Crippen LogP contribution >= 0.6 is 0 Å². The number of amides is 1. The van der Waals surface area contributed by atoms with E-state index in [0.29, 0.717) is 17.9 Å². The summed E-state index contributed by atoms with van der Waals surface area (Å²) in [7, 11) is 0. The molecule has 0 saturated heterocycles. The monoisotopic (exact) mass is 253 g/mol. The minimum Gasteiger partial charge on any atom is -0.395 e. The molecule has 1 aromatic rings. The zero-order chi connectivity index (χ0) is 13.7. The second kappa shape index (κ2) is 6.30. The summed E-state index contributed by atoms with van der Waals surface area (Å²) in [5, 5.41) is 8.93. The molecule has 0 radical (unpaired) electrons. The second-order valence-electron chi connectivity index (χ2n) is 4.14. The van der Waals surface area contributed by atoms with Gasteiger partial charge in [0.25, 0.3) is 11.5 Å². The highest BCUT2D eigenvalue weighted by Gasteiger charge is 2.20. The molecule has 0 aromatic carbocycles. The number of H-pyrrole nitrogens is 1. The first-order valence-electron chi connectivity index (χ1n) is 5.98. The van der Waals surface area contributed by atoms with Crippen LogP contribution in [0.2, 0.25) is 0 Å². The first-order chi connectivity index (χ1) is 8.51. The first-order valence-corrected chi connectivity index (χ1v) is 5.98. The molecular formula is C12H19N3O3. The Morgan fingerprint density at radius 2 is 2.06 bits per heavy atom. The molecule has 1 rings (SSSR count). The second-order valence-corrected chi connectivity index (χ2v) is 4.14. The van der Waals surface area contributed by atoms with E-state index in [9.17, 15) is 9.59 Å². The molecule has 0 fully saturated rings. The minimum absolute atomic E-state index is 0.111. The van der Waals surface area contributed by atoms with Gasteiger partial charge in [0, 0.05) is 18.8 Å². The number of rotatable bonds is 5. The zero-order valence-electron chi connectivity index (χ0n) is 11.0. The largest absolute Gasteiger partial charge is 0.395 e. The molecule has 0 saturated carbocycles. The van der Waals surface area contributed by atoms with Crippen LogP contribution in [0.25, 0.3) is 0 Å². The molecular weight excluding hydrogens is 234 g/mol. The molecule has 0 unspecified atom stereocenters. The van der Waals surface area contributed by atoms with Crippen LogP contribution in [0.3, 0.4) is 0 Å². The van der Waals surface area contributed by atoms with E-state index in [1.165, 1.54) is 4.90 Å². The summed E-state index contributed by atoms with van der Waals surface area (Å²) in [4.78, 5) is 31.9. The number of hydrogen-bond donors (Lipinski definition) is 2. The maximum atomic E-state index is 12.1. The van der Waals surface area contributed by atoms with Crippen molar-refractivity contribution in [2.75, 3.05) is 19.7 Å². The number of hydrogen-bond acceptors (Lipinski definition) is 4. The number of aliphatic hydroxyl groups is 1. The maximum Gasteiger partial charge on any atom is 0.279 e. The van der Waals surface area contributed by atoms with E-state index in [1.807, 2.05) is 6.92 Å². The van der Waals surface area contributed by atoms with Crippen LogP contribution in [-0.4, -0.2) is 45.6 Å². The van der Waals surface area contributed by atoms with Crippen LogP contribution in [0.5, 0.6) is 0 Å². The highest BCUT2D eigenvalue weighted by atomic mass is 16.3. The normalized spacial score (nSPS) is 10.4. The van der Waals surface area contributed by atoms with Crippen LogP contribution in [0.1, 0.15) is 35.2 Å². The van der Waals surface area contributed by atoms with Gasteiger partial charge in [0.2, 0.25) is 0 Å². The molecule has 0 atom stereocenters. The van der Waals surface area contributed by atoms with Crippen molar-refractivity contribution in [1.29, 1.82) is 0 Å². The van der Waals surface area contributed by atoms with Gasteiger partial charge >= 0.3 is 0 Å². The van der Waals surface area contributed by atoms with Crippen LogP contribution in [0, 0.1) is 13.8 Å². The summed E-state index contributed by atoms with van der Waals surface area (Å²) in [6.45, 7) is 5.96. The van der Waals surface area contributed by atoms with Crippen molar-refractivity contribution in [2.45, 2.75) is 27.2 Å². The van der Waals surface area contributed by atoms with E-state index < -0.39 is 11.5 Å². The topological polar surface area (TPSA) is 86.3 Å². The van der Waals surface area contributed by atoms with Crippen LogP contribution in [0.4, 0.5) is 0 Å². The molecule has 0 spiro atoms. The Labute approximate surface area is 106 Å². The Bertz CT molecular complexity index is 476. The fraction of sp³-hybridized carbons (Fsp3) is 0.583. The average Bonchev–Trinajstić information content (AvgIpc) is 2.33. The van der Waals surface area contributed by atoms with Crippen molar-refractivity contribution < 1.29 is 9.90 Å². The molecule has 0 bridgehead atoms. The van der Waals surface area contributed by atoms with E-state index in [-0.39, 0.29) is 18.8 Å². The number of aromatic nitrogens is 2. The van der Waals surface area contributed by atoms with Crippen LogP contribution in [-0.2, 0) is 0 Å². The highest BCUT2D eigenvalue weighted by molar-refractivity contribution is 5.92. The lowest BCUT2D eigenvalue weighted by molar-refractivity contribution is 0.0713. The third-order valence-corrected chi connectivity index (χ3v) is 2.69. The van der Waals surface area contributed by atoms with Crippen molar-refractivity contribution in [1.82, 2.24) is 14.9 Å². The molecule has 1 aromatic heterocycles. The predicted octanol–water partition coefficient (Wildman–Crippen LogP) is 0.231. The van der Waals surface area contributed by atoms with Gasteiger partial charge in [-0.2, -0.15) is 0 Å². The lowest BCUT2D eigenvalue weighted by Crippen LogP contribution is -2.38. The standard InChI is InChI=1S/C12H19N3O3/c1-4-5-15(6-7-16)12(18)10-11(17)14-9(3)8(2)13-10/h16H,4-7H2,1-3H3,(H,14,17). The predicted molar refractivity (Wildman–Crippen MR) is 67.6 cm³/mol. The number of carbonyl (C=O) groups excluding carboxylic acids is 1. The Kier molecular flexibility index (Phi) is 5.03. The van der Waals surface area contributed by atoms with E-state index in [2.05, 4.69) is 9.97 Å². The number of aromatic amines is 1. The SMILES string of the molecule is CCCN(CCO)C(=O)c1nc(C)c(C)[nH]c1=O. The molecule has 0 aliphatic heterocycles. The van der Waals surface area contributed by atoms with E-state index >= 15 is 0 Å². The van der Waals surface area contributed by atoms with E-state index in [4.69, 9.17) is 5.11 Å². The summed E-state index contributed by atoms with van der Waals surface area (Å²) in [5.41, 5.74) is 0.682. The van der Waals surface area contributed by atoms with Crippen molar-refractivity contribution in [3.63, 3.8) is 0 Å². The summed E-state index contributed by atoms with van der Waals surface area (Å²) in [6.07, 6.45) is 0.758. The Hall–Kier alpha value is -1.69. The third-order valence-electron chi connectivity index (χ3n) is 2.69. The fourth-order valence-corrected chi connectivity index (χ4v) is 1.62. The summed E-state index contributed by atoms with van der Waals surface area (Å²) in [6, 6.07) is 0. The molecule has 6 nitrogen and oxygen atoms in total. The van der Waals surface area contributed by atoms with Gasteiger partial charge in [-0.05, 0) is 20.3 Å². The van der Waals surface area contributed by atoms with Gasteiger partial charge in [0.05, 0.1) is 12.3 Å². The lowest BCUT2D eigenvalue weighted by Gasteiger charge is -2.20. The van der Waals surface area contributed by atoms with Gasteiger partial charge in [-0.15, -0.1) is 0 Å². The number of aliphatic hydroxyl groups excluding tert-OH is 1. The van der Waals surface area contributed by atoms with Gasteiger partial charge in [-0.1, -0.05) is 6.92 Å². The number of carbonyl (C=O) groups is 1.